The number of hydrogen-bond donors (Lipinski definition) is 2. The van der Waals surface area contributed by atoms with Gasteiger partial charge >= 0.3 is 5.97 Å². The average molecular weight is 490 g/mol. The van der Waals surface area contributed by atoms with E-state index in [0.717, 1.165) is 64.2 Å². The second-order valence-corrected chi connectivity index (χ2v) is 10.3. The number of amides is 1. The molecule has 0 spiro atoms. The van der Waals surface area contributed by atoms with Crippen molar-refractivity contribution in [2.75, 3.05) is 44.2 Å². The van der Waals surface area contributed by atoms with Gasteiger partial charge in [0.2, 0.25) is 5.91 Å². The van der Waals surface area contributed by atoms with Crippen molar-refractivity contribution in [1.82, 2.24) is 15.0 Å². The first-order valence-corrected chi connectivity index (χ1v) is 12.7. The topological polar surface area (TPSA) is 134 Å². The number of hydrogen-bond acceptors (Lipinski definition) is 8. The molecule has 1 aromatic heterocycles. The highest BCUT2D eigenvalue weighted by atomic mass is 16.5. The number of carboxylic acids is 1. The molecule has 0 saturated carbocycles. The molecule has 3 aliphatic heterocycles. The second kappa shape index (κ2) is 12.4. The van der Waals surface area contributed by atoms with Crippen molar-refractivity contribution in [3.63, 3.8) is 0 Å². The molecule has 3 fully saturated rings. The molecule has 0 aliphatic carbocycles. The number of rotatable bonds is 7. The minimum absolute atomic E-state index is 0.0258. The summed E-state index contributed by atoms with van der Waals surface area (Å²) < 4.78 is 5.66. The van der Waals surface area contributed by atoms with Crippen LogP contribution in [0.15, 0.2) is 10.6 Å². The van der Waals surface area contributed by atoms with Crippen LogP contribution in [0.4, 0.5) is 5.82 Å². The van der Waals surface area contributed by atoms with Crippen LogP contribution in [0.5, 0.6) is 0 Å². The number of nitriles is 1. The fourth-order valence-corrected chi connectivity index (χ4v) is 5.59. The van der Waals surface area contributed by atoms with E-state index in [4.69, 9.17) is 9.78 Å². The van der Waals surface area contributed by atoms with Crippen molar-refractivity contribution in [2.45, 2.75) is 70.4 Å². The average Bonchev–Trinajstić information content (AvgIpc) is 3.53. The van der Waals surface area contributed by atoms with E-state index in [1.54, 1.807) is 0 Å². The third-order valence-corrected chi connectivity index (χ3v) is 7.59. The van der Waals surface area contributed by atoms with E-state index >= 15 is 0 Å². The van der Waals surface area contributed by atoms with Crippen molar-refractivity contribution in [3.8, 4) is 6.57 Å². The van der Waals surface area contributed by atoms with Crippen LogP contribution in [0.25, 0.3) is 0 Å². The number of anilines is 1. The molecule has 1 amide bonds. The van der Waals surface area contributed by atoms with Crippen LogP contribution in [0.3, 0.4) is 0 Å². The fourth-order valence-electron chi connectivity index (χ4n) is 5.59. The number of piperidine rings is 2. The molecule has 10 nitrogen and oxygen atoms in total. The summed E-state index contributed by atoms with van der Waals surface area (Å²) in [4.78, 5) is 31.1. The van der Waals surface area contributed by atoms with Gasteiger partial charge in [-0.3, -0.25) is 4.79 Å². The molecule has 4 rings (SSSR count). The summed E-state index contributed by atoms with van der Waals surface area (Å²) in [6.45, 7) is 12.8. The van der Waals surface area contributed by atoms with Gasteiger partial charge in [-0.2, -0.15) is 0 Å². The van der Waals surface area contributed by atoms with Crippen molar-refractivity contribution >= 4 is 17.7 Å². The van der Waals surface area contributed by atoms with Gasteiger partial charge in [0.25, 0.3) is 0 Å². The van der Waals surface area contributed by atoms with Gasteiger partial charge in [0, 0.05) is 51.9 Å². The Morgan fingerprint density at radius 1 is 1.11 bits per heavy atom. The Morgan fingerprint density at radius 3 is 2.37 bits per heavy atom. The molecular formula is C25H39N5O5. The van der Waals surface area contributed by atoms with E-state index in [0.29, 0.717) is 31.1 Å². The quantitative estimate of drug-likeness (QED) is 0.591. The maximum Gasteiger partial charge on any atom is 0.326 e. The minimum atomic E-state index is -0.940. The lowest BCUT2D eigenvalue weighted by Crippen LogP contribution is -2.43. The molecular weight excluding hydrogens is 450 g/mol. The molecule has 194 valence electrons. The Morgan fingerprint density at radius 2 is 1.77 bits per heavy atom. The molecule has 2 N–H and O–H groups in total. The Labute approximate surface area is 207 Å². The Bertz CT molecular complexity index is 855. The van der Waals surface area contributed by atoms with E-state index in [1.807, 2.05) is 19.9 Å². The summed E-state index contributed by atoms with van der Waals surface area (Å²) >= 11 is 0. The van der Waals surface area contributed by atoms with Crippen LogP contribution in [0.1, 0.15) is 64.1 Å². The van der Waals surface area contributed by atoms with Crippen LogP contribution >= 0.6 is 0 Å². The first kappa shape index (κ1) is 27.0. The lowest BCUT2D eigenvalue weighted by Gasteiger charge is -2.36. The molecule has 0 radical (unpaired) electrons. The number of aliphatic hydroxyl groups is 1. The Balaban J connectivity index is 0.00000167. The Hall–Kier alpha value is -2.64. The van der Waals surface area contributed by atoms with Crippen LogP contribution in [0, 0.1) is 23.7 Å². The zero-order valence-electron chi connectivity index (χ0n) is 20.9. The molecule has 1 aromatic rings. The summed E-state index contributed by atoms with van der Waals surface area (Å²) in [5.74, 6) is 0.263. The summed E-state index contributed by atoms with van der Waals surface area (Å²) in [5.41, 5.74) is 0. The molecule has 2 unspecified atom stereocenters. The van der Waals surface area contributed by atoms with Gasteiger partial charge in [-0.05, 0) is 50.4 Å². The van der Waals surface area contributed by atoms with Gasteiger partial charge in [-0.25, -0.2) is 10.1 Å². The lowest BCUT2D eigenvalue weighted by atomic mass is 9.91. The zero-order valence-corrected chi connectivity index (χ0v) is 20.9. The molecule has 3 aliphatic rings. The fraction of sp³-hybridized carbons (Fsp3) is 0.760. The van der Waals surface area contributed by atoms with Gasteiger partial charge in [0.15, 0.2) is 11.6 Å². The predicted molar refractivity (Wildman–Crippen MR) is 130 cm³/mol. The first-order valence-electron chi connectivity index (χ1n) is 12.7. The molecule has 10 heteroatoms. The summed E-state index contributed by atoms with van der Waals surface area (Å²) in [6, 6.07) is 1.13. The zero-order chi connectivity index (χ0) is 25.5. The first-order chi connectivity index (χ1) is 16.8. The van der Waals surface area contributed by atoms with Gasteiger partial charge in [0.1, 0.15) is 12.0 Å². The van der Waals surface area contributed by atoms with Crippen LogP contribution in [-0.4, -0.2) is 88.5 Å². The van der Waals surface area contributed by atoms with Gasteiger partial charge < -0.3 is 29.4 Å². The summed E-state index contributed by atoms with van der Waals surface area (Å²) in [5, 5.41) is 30.0. The maximum absolute atomic E-state index is 13.3. The van der Waals surface area contributed by atoms with Crippen molar-refractivity contribution in [1.29, 1.82) is 5.26 Å². The molecule has 4 heterocycles. The monoisotopic (exact) mass is 489 g/mol. The molecule has 0 bridgehead atoms. The summed E-state index contributed by atoms with van der Waals surface area (Å²) in [7, 11) is 0. The van der Waals surface area contributed by atoms with Crippen molar-refractivity contribution < 1.29 is 24.3 Å². The number of aliphatic hydroxyl groups excluding tert-OH is 1. The van der Waals surface area contributed by atoms with E-state index < -0.39 is 17.9 Å². The normalized spacial score (nSPS) is 23.2. The number of carboxylic acid groups (broad SMARTS) is 1. The molecule has 0 aromatic carbocycles. The number of aromatic nitrogens is 1. The largest absolute Gasteiger partial charge is 0.480 e. The third-order valence-electron chi connectivity index (χ3n) is 7.59. The van der Waals surface area contributed by atoms with Gasteiger partial charge in [-0.1, -0.05) is 19.0 Å². The second-order valence-electron chi connectivity index (χ2n) is 10.3. The van der Waals surface area contributed by atoms with Gasteiger partial charge in [-0.15, -0.1) is 0 Å². The van der Waals surface area contributed by atoms with E-state index in [-0.39, 0.29) is 17.9 Å². The van der Waals surface area contributed by atoms with E-state index in [2.05, 4.69) is 21.5 Å². The maximum atomic E-state index is 13.3. The Kier molecular flexibility index (Phi) is 9.52. The van der Waals surface area contributed by atoms with Crippen LogP contribution in [-0.2, 0) is 9.59 Å². The number of carbonyl (C=O) groups is 2. The number of carbonyl (C=O) groups excluding carboxylic acids is 1. The number of aliphatic carboxylic acids is 1. The summed E-state index contributed by atoms with van der Waals surface area (Å²) in [6.07, 6.45) is 5.00. The highest BCUT2D eigenvalue weighted by Crippen LogP contribution is 2.33. The van der Waals surface area contributed by atoms with Gasteiger partial charge in [0.05, 0.1) is 6.10 Å². The van der Waals surface area contributed by atoms with Crippen LogP contribution < -0.4 is 4.90 Å². The highest BCUT2D eigenvalue weighted by Gasteiger charge is 2.40. The third kappa shape index (κ3) is 6.53. The SMILES string of the molecule is C#N.CC(C)C(C(=O)N1CCCC1C(=O)O)c1cc(N2CCC(CN3CCC(O)CC3)CC2)no1. The smallest absolute Gasteiger partial charge is 0.326 e. The number of likely N-dealkylation sites (tertiary alicyclic amines) is 2. The van der Waals surface area contributed by atoms with Crippen molar-refractivity contribution in [2.24, 2.45) is 11.8 Å². The molecule has 3 saturated heterocycles. The van der Waals surface area contributed by atoms with E-state index in [9.17, 15) is 19.8 Å². The molecule has 35 heavy (non-hydrogen) atoms. The minimum Gasteiger partial charge on any atom is -0.480 e. The lowest BCUT2D eigenvalue weighted by molar-refractivity contribution is -0.149. The standard InChI is InChI=1S/C24H38N4O5.CHN/c1-16(2)22(23(30)28-9-3-4-19(28)24(31)32)20-14-21(25-33-20)27-12-5-17(6-13-27)15-26-10-7-18(29)8-11-26;1-2/h14,16-19,22,29H,3-13,15H2,1-2H3,(H,31,32);1H. The number of nitrogens with zero attached hydrogens (tertiary/aromatic N) is 5. The van der Waals surface area contributed by atoms with Crippen LogP contribution in [0.2, 0.25) is 0 Å². The van der Waals surface area contributed by atoms with E-state index in [1.165, 1.54) is 4.90 Å². The highest BCUT2D eigenvalue weighted by molar-refractivity contribution is 5.88. The predicted octanol–water partition coefficient (Wildman–Crippen LogP) is 2.30. The van der Waals surface area contributed by atoms with Crippen molar-refractivity contribution in [3.05, 3.63) is 11.8 Å². The molecule has 2 atom stereocenters.